The molecule has 19 heavy (non-hydrogen) atoms. The van der Waals surface area contributed by atoms with E-state index in [1.165, 1.54) is 4.57 Å². The number of likely N-dealkylation sites (N-methyl/N-ethyl adjacent to an activating group) is 1. The average molecular weight is 279 g/mol. The van der Waals surface area contributed by atoms with Crippen LogP contribution in [0.2, 0.25) is 0 Å². The fraction of sp³-hybridized carbons (Fsp3) is 0.769. The van der Waals surface area contributed by atoms with Crippen LogP contribution in [0.25, 0.3) is 0 Å². The lowest BCUT2D eigenvalue weighted by molar-refractivity contribution is -0.147. The predicted octanol–water partition coefficient (Wildman–Crippen LogP) is 3.71. The van der Waals surface area contributed by atoms with Crippen molar-refractivity contribution in [3.05, 3.63) is 17.2 Å². The van der Waals surface area contributed by atoms with E-state index in [0.29, 0.717) is 31.0 Å². The summed E-state index contributed by atoms with van der Waals surface area (Å²) in [5.74, 6) is -0.761. The summed E-state index contributed by atoms with van der Waals surface area (Å²) in [4.78, 5) is 5.60. The number of nitrogens with zero attached hydrogens (tertiary/aromatic N) is 3. The van der Waals surface area contributed by atoms with Gasteiger partial charge in [-0.15, -0.1) is 0 Å². The molecule has 6 heteroatoms. The van der Waals surface area contributed by atoms with Gasteiger partial charge in [0.1, 0.15) is 0 Å². The van der Waals surface area contributed by atoms with Crippen LogP contribution in [0, 0.1) is 6.92 Å². The summed E-state index contributed by atoms with van der Waals surface area (Å²) in [6.07, 6.45) is -4.35. The summed E-state index contributed by atoms with van der Waals surface area (Å²) in [5, 5.41) is 0. The number of fused-ring (bicyclic) bond motifs is 1. The van der Waals surface area contributed by atoms with Crippen molar-refractivity contribution in [2.75, 3.05) is 13.6 Å². The highest BCUT2D eigenvalue weighted by atomic mass is 19.4. The molecule has 0 saturated heterocycles. The van der Waals surface area contributed by atoms with Gasteiger partial charge in [-0.1, -0.05) is 27.7 Å². The standard InChI is InChI=1S/C9H12F3N3.2C2H6/c1-6-7-5-14(2)3-4-15(7)8(13-6)9(10,11)12;2*1-2/h3-5H2,1-2H3;2*1-2H3. The zero-order chi connectivity index (χ0) is 15.2. The largest absolute Gasteiger partial charge is 0.449 e. The van der Waals surface area contributed by atoms with Crippen LogP contribution < -0.4 is 0 Å². The van der Waals surface area contributed by atoms with Crippen molar-refractivity contribution in [2.24, 2.45) is 0 Å². The van der Waals surface area contributed by atoms with Crippen LogP contribution in [-0.2, 0) is 19.3 Å². The Balaban J connectivity index is 0.000000741. The SMILES string of the molecule is CC.CC.Cc1nc(C(F)(F)F)n2c1CN(C)CC2. The Kier molecular flexibility index (Phi) is 7.11. The van der Waals surface area contributed by atoms with E-state index in [-0.39, 0.29) is 0 Å². The molecular formula is C13H24F3N3. The number of imidazole rings is 1. The lowest BCUT2D eigenvalue weighted by Gasteiger charge is -2.25. The molecule has 3 nitrogen and oxygen atoms in total. The first kappa shape index (κ1) is 18.0. The van der Waals surface area contributed by atoms with Gasteiger partial charge in [0.2, 0.25) is 5.82 Å². The maximum atomic E-state index is 12.6. The van der Waals surface area contributed by atoms with Gasteiger partial charge in [0.25, 0.3) is 0 Å². The molecule has 0 bridgehead atoms. The first-order chi connectivity index (χ1) is 8.89. The van der Waals surface area contributed by atoms with Gasteiger partial charge in [-0.05, 0) is 14.0 Å². The lowest BCUT2D eigenvalue weighted by Crippen LogP contribution is -2.32. The molecular weight excluding hydrogens is 255 g/mol. The second-order valence-electron chi connectivity index (χ2n) is 3.85. The van der Waals surface area contributed by atoms with Crippen LogP contribution in [0.3, 0.4) is 0 Å². The summed E-state index contributed by atoms with van der Waals surface area (Å²) < 4.78 is 39.1. The molecule has 0 saturated carbocycles. The topological polar surface area (TPSA) is 21.1 Å². The summed E-state index contributed by atoms with van der Waals surface area (Å²) in [6, 6.07) is 0. The van der Waals surface area contributed by atoms with E-state index < -0.39 is 12.0 Å². The number of aromatic nitrogens is 2. The van der Waals surface area contributed by atoms with E-state index >= 15 is 0 Å². The Hall–Kier alpha value is -1.04. The number of halogens is 3. The molecule has 0 aliphatic carbocycles. The minimum atomic E-state index is -4.35. The van der Waals surface area contributed by atoms with Gasteiger partial charge in [-0.25, -0.2) is 4.98 Å². The second-order valence-corrected chi connectivity index (χ2v) is 3.85. The number of aryl methyl sites for hydroxylation is 1. The maximum Gasteiger partial charge on any atom is 0.449 e. The first-order valence-corrected chi connectivity index (χ1v) is 6.71. The lowest BCUT2D eigenvalue weighted by atomic mass is 10.2. The molecule has 0 radical (unpaired) electrons. The van der Waals surface area contributed by atoms with Crippen LogP contribution in [0.4, 0.5) is 13.2 Å². The fourth-order valence-electron chi connectivity index (χ4n) is 1.87. The van der Waals surface area contributed by atoms with Gasteiger partial charge in [0, 0.05) is 19.6 Å². The Bertz CT molecular complexity index is 383. The molecule has 0 aromatic carbocycles. The summed E-state index contributed by atoms with van der Waals surface area (Å²) in [5.41, 5.74) is 1.16. The van der Waals surface area contributed by atoms with E-state index in [1.807, 2.05) is 39.6 Å². The minimum Gasteiger partial charge on any atom is -0.322 e. The quantitative estimate of drug-likeness (QED) is 0.722. The molecule has 1 aliphatic heterocycles. The molecule has 0 atom stereocenters. The Labute approximate surface area is 113 Å². The summed E-state index contributed by atoms with van der Waals surface area (Å²) in [6.45, 7) is 11.2. The van der Waals surface area contributed by atoms with Crippen molar-refractivity contribution in [1.82, 2.24) is 14.5 Å². The second kappa shape index (κ2) is 7.53. The molecule has 1 aromatic rings. The average Bonchev–Trinajstić information content (AvgIpc) is 2.71. The number of hydrogen-bond donors (Lipinski definition) is 0. The van der Waals surface area contributed by atoms with Crippen LogP contribution in [0.15, 0.2) is 0 Å². The van der Waals surface area contributed by atoms with Crippen LogP contribution in [-0.4, -0.2) is 28.0 Å². The third-order valence-electron chi connectivity index (χ3n) is 2.65. The van der Waals surface area contributed by atoms with E-state index in [1.54, 1.807) is 6.92 Å². The van der Waals surface area contributed by atoms with Crippen molar-refractivity contribution in [1.29, 1.82) is 0 Å². The highest BCUT2D eigenvalue weighted by Gasteiger charge is 2.39. The van der Waals surface area contributed by atoms with Crippen LogP contribution in [0.5, 0.6) is 0 Å². The van der Waals surface area contributed by atoms with Gasteiger partial charge in [0.05, 0.1) is 11.4 Å². The smallest absolute Gasteiger partial charge is 0.322 e. The zero-order valence-corrected chi connectivity index (χ0v) is 12.6. The molecule has 112 valence electrons. The predicted molar refractivity (Wildman–Crippen MR) is 71.0 cm³/mol. The zero-order valence-electron chi connectivity index (χ0n) is 12.6. The molecule has 1 aliphatic rings. The highest BCUT2D eigenvalue weighted by Crippen LogP contribution is 2.31. The van der Waals surface area contributed by atoms with Gasteiger partial charge < -0.3 is 4.57 Å². The Morgan fingerprint density at radius 2 is 1.58 bits per heavy atom. The van der Waals surface area contributed by atoms with Gasteiger partial charge >= 0.3 is 6.18 Å². The minimum absolute atomic E-state index is 0.363. The van der Waals surface area contributed by atoms with Gasteiger partial charge in [-0.3, -0.25) is 4.90 Å². The Morgan fingerprint density at radius 1 is 1.05 bits per heavy atom. The summed E-state index contributed by atoms with van der Waals surface area (Å²) in [7, 11) is 1.89. The molecule has 0 spiro atoms. The van der Waals surface area contributed by atoms with Gasteiger partial charge in [-0.2, -0.15) is 13.2 Å². The Morgan fingerprint density at radius 3 is 2.05 bits per heavy atom. The maximum absolute atomic E-state index is 12.6. The van der Waals surface area contributed by atoms with E-state index in [0.717, 1.165) is 0 Å². The fourth-order valence-corrected chi connectivity index (χ4v) is 1.87. The monoisotopic (exact) mass is 279 g/mol. The van der Waals surface area contributed by atoms with Crippen LogP contribution in [0.1, 0.15) is 44.9 Å². The van der Waals surface area contributed by atoms with E-state index in [4.69, 9.17) is 0 Å². The van der Waals surface area contributed by atoms with Crippen molar-refractivity contribution in [3.8, 4) is 0 Å². The van der Waals surface area contributed by atoms with Gasteiger partial charge in [0.15, 0.2) is 0 Å². The van der Waals surface area contributed by atoms with Crippen molar-refractivity contribution >= 4 is 0 Å². The molecule has 0 unspecified atom stereocenters. The third-order valence-corrected chi connectivity index (χ3v) is 2.65. The summed E-state index contributed by atoms with van der Waals surface area (Å²) >= 11 is 0. The van der Waals surface area contributed by atoms with Crippen LogP contribution >= 0.6 is 0 Å². The molecule has 0 fully saturated rings. The third kappa shape index (κ3) is 4.23. The molecule has 0 N–H and O–H groups in total. The molecule has 1 aromatic heterocycles. The van der Waals surface area contributed by atoms with Crippen molar-refractivity contribution in [2.45, 2.75) is 53.9 Å². The van der Waals surface area contributed by atoms with E-state index in [9.17, 15) is 13.2 Å². The first-order valence-electron chi connectivity index (χ1n) is 6.71. The number of hydrogen-bond acceptors (Lipinski definition) is 2. The number of alkyl halides is 3. The van der Waals surface area contributed by atoms with E-state index in [2.05, 4.69) is 4.98 Å². The number of rotatable bonds is 0. The normalized spacial score (nSPS) is 14.8. The van der Waals surface area contributed by atoms with Crippen molar-refractivity contribution < 1.29 is 13.2 Å². The highest BCUT2D eigenvalue weighted by molar-refractivity contribution is 5.19. The molecule has 0 amide bonds. The molecule has 2 rings (SSSR count). The molecule has 2 heterocycles. The van der Waals surface area contributed by atoms with Crippen molar-refractivity contribution in [3.63, 3.8) is 0 Å².